The molecule has 1 N–H and O–H groups in total. The van der Waals surface area contributed by atoms with Crippen LogP contribution in [-0.2, 0) is 24.3 Å². The number of rotatable bonds is 6. The summed E-state index contributed by atoms with van der Waals surface area (Å²) in [4.78, 5) is 14.6. The van der Waals surface area contributed by atoms with Crippen molar-refractivity contribution in [3.8, 4) is 0 Å². The Hall–Kier alpha value is -2.18. The quantitative estimate of drug-likeness (QED) is 0.805. The number of imidazole rings is 1. The van der Waals surface area contributed by atoms with Crippen molar-refractivity contribution in [2.45, 2.75) is 32.9 Å². The van der Waals surface area contributed by atoms with Gasteiger partial charge in [-0.15, -0.1) is 5.10 Å². The number of hydrogen-bond acceptors (Lipinski definition) is 4. The fourth-order valence-electron chi connectivity index (χ4n) is 1.65. The molecule has 2 aromatic heterocycles. The molecule has 0 aliphatic rings. The largest absolute Gasteiger partial charge is 0.481 e. The SMILES string of the molecule is Cc1nccn1CCn1cc(CCC(=O)O)nn1. The molecule has 18 heavy (non-hydrogen) atoms. The minimum atomic E-state index is -0.821. The van der Waals surface area contributed by atoms with Crippen molar-refractivity contribution in [3.63, 3.8) is 0 Å². The van der Waals surface area contributed by atoms with Crippen LogP contribution < -0.4 is 0 Å². The Bertz CT molecular complexity index is 531. The normalized spacial score (nSPS) is 10.7. The minimum Gasteiger partial charge on any atom is -0.481 e. The Labute approximate surface area is 104 Å². The van der Waals surface area contributed by atoms with Crippen molar-refractivity contribution >= 4 is 5.97 Å². The van der Waals surface area contributed by atoms with E-state index in [0.717, 1.165) is 12.4 Å². The lowest BCUT2D eigenvalue weighted by Crippen LogP contribution is -2.08. The van der Waals surface area contributed by atoms with E-state index in [-0.39, 0.29) is 6.42 Å². The average molecular weight is 249 g/mol. The summed E-state index contributed by atoms with van der Waals surface area (Å²) in [7, 11) is 0. The zero-order valence-electron chi connectivity index (χ0n) is 10.2. The maximum absolute atomic E-state index is 10.4. The molecule has 2 aromatic rings. The van der Waals surface area contributed by atoms with Gasteiger partial charge < -0.3 is 9.67 Å². The van der Waals surface area contributed by atoms with E-state index in [4.69, 9.17) is 5.11 Å². The van der Waals surface area contributed by atoms with Gasteiger partial charge in [-0.2, -0.15) is 0 Å². The molecule has 7 heteroatoms. The number of aromatic nitrogens is 5. The van der Waals surface area contributed by atoms with Crippen molar-refractivity contribution in [3.05, 3.63) is 30.1 Å². The van der Waals surface area contributed by atoms with E-state index in [0.29, 0.717) is 18.7 Å². The number of carboxylic acid groups (broad SMARTS) is 1. The smallest absolute Gasteiger partial charge is 0.303 e. The molecule has 7 nitrogen and oxygen atoms in total. The first-order chi connectivity index (χ1) is 8.65. The van der Waals surface area contributed by atoms with E-state index in [1.165, 1.54) is 0 Å². The molecule has 0 bridgehead atoms. The van der Waals surface area contributed by atoms with Crippen molar-refractivity contribution in [1.82, 2.24) is 24.5 Å². The molecule has 0 atom stereocenters. The molecule has 0 amide bonds. The summed E-state index contributed by atoms with van der Waals surface area (Å²) >= 11 is 0. The van der Waals surface area contributed by atoms with Crippen LogP contribution in [0.2, 0.25) is 0 Å². The number of nitrogens with zero attached hydrogens (tertiary/aromatic N) is 5. The third-order valence-corrected chi connectivity index (χ3v) is 2.67. The molecule has 96 valence electrons. The summed E-state index contributed by atoms with van der Waals surface area (Å²) in [6.07, 6.45) is 5.96. The zero-order valence-corrected chi connectivity index (χ0v) is 10.2. The second kappa shape index (κ2) is 5.44. The van der Waals surface area contributed by atoms with Crippen molar-refractivity contribution < 1.29 is 9.90 Å². The molecular weight excluding hydrogens is 234 g/mol. The summed E-state index contributed by atoms with van der Waals surface area (Å²) in [6.45, 7) is 3.41. The molecule has 0 fully saturated rings. The maximum atomic E-state index is 10.4. The van der Waals surface area contributed by atoms with Gasteiger partial charge in [0.2, 0.25) is 0 Å². The number of carboxylic acids is 1. The Morgan fingerprint density at radius 1 is 1.44 bits per heavy atom. The third-order valence-electron chi connectivity index (χ3n) is 2.67. The lowest BCUT2D eigenvalue weighted by molar-refractivity contribution is -0.136. The average Bonchev–Trinajstić information content (AvgIpc) is 2.93. The Balaban J connectivity index is 1.87. The topological polar surface area (TPSA) is 85.8 Å². The van der Waals surface area contributed by atoms with Gasteiger partial charge in [-0.05, 0) is 6.92 Å². The van der Waals surface area contributed by atoms with Crippen LogP contribution in [0.4, 0.5) is 0 Å². The lowest BCUT2D eigenvalue weighted by Gasteiger charge is -2.03. The molecule has 0 saturated carbocycles. The number of aliphatic carboxylic acids is 1. The van der Waals surface area contributed by atoms with E-state index >= 15 is 0 Å². The highest BCUT2D eigenvalue weighted by Crippen LogP contribution is 2.00. The fourth-order valence-corrected chi connectivity index (χ4v) is 1.65. The van der Waals surface area contributed by atoms with E-state index < -0.39 is 5.97 Å². The van der Waals surface area contributed by atoms with Gasteiger partial charge in [0.05, 0.1) is 18.7 Å². The summed E-state index contributed by atoms with van der Waals surface area (Å²) in [5.74, 6) is 0.139. The first kappa shape index (κ1) is 12.3. The molecule has 0 radical (unpaired) electrons. The standard InChI is InChI=1S/C11H15N5O2/c1-9-12-4-5-15(9)6-7-16-8-10(13-14-16)2-3-11(17)18/h4-5,8H,2-3,6-7H2,1H3,(H,17,18). The number of aryl methyl sites for hydroxylation is 4. The second-order valence-corrected chi connectivity index (χ2v) is 4.03. The highest BCUT2D eigenvalue weighted by molar-refractivity contribution is 5.66. The summed E-state index contributed by atoms with van der Waals surface area (Å²) in [5.41, 5.74) is 0.708. The molecule has 2 rings (SSSR count). The van der Waals surface area contributed by atoms with E-state index in [9.17, 15) is 4.79 Å². The fraction of sp³-hybridized carbons (Fsp3) is 0.455. The van der Waals surface area contributed by atoms with Crippen LogP contribution >= 0.6 is 0 Å². The van der Waals surface area contributed by atoms with Gasteiger partial charge >= 0.3 is 5.97 Å². The molecule has 2 heterocycles. The van der Waals surface area contributed by atoms with Crippen LogP contribution in [-0.4, -0.2) is 35.6 Å². The highest BCUT2D eigenvalue weighted by atomic mass is 16.4. The predicted molar refractivity (Wildman–Crippen MR) is 62.9 cm³/mol. The first-order valence-electron chi connectivity index (χ1n) is 5.73. The zero-order chi connectivity index (χ0) is 13.0. The van der Waals surface area contributed by atoms with Crippen LogP contribution in [0, 0.1) is 6.92 Å². The third kappa shape index (κ3) is 3.16. The molecule has 0 saturated heterocycles. The van der Waals surface area contributed by atoms with Gasteiger partial charge in [-0.3, -0.25) is 9.48 Å². The van der Waals surface area contributed by atoms with Crippen LogP contribution in [0.3, 0.4) is 0 Å². The molecule has 0 aliphatic carbocycles. The number of hydrogen-bond donors (Lipinski definition) is 1. The molecule has 0 aliphatic heterocycles. The van der Waals surface area contributed by atoms with Crippen molar-refractivity contribution in [2.24, 2.45) is 0 Å². The molecular formula is C11H15N5O2. The minimum absolute atomic E-state index is 0.0827. The second-order valence-electron chi connectivity index (χ2n) is 4.03. The Morgan fingerprint density at radius 2 is 2.28 bits per heavy atom. The lowest BCUT2D eigenvalue weighted by atomic mass is 10.2. The van der Waals surface area contributed by atoms with Crippen molar-refractivity contribution in [1.29, 1.82) is 0 Å². The van der Waals surface area contributed by atoms with E-state index in [1.807, 2.05) is 17.7 Å². The monoisotopic (exact) mass is 249 g/mol. The van der Waals surface area contributed by atoms with Gasteiger partial charge in [-0.25, -0.2) is 4.98 Å². The van der Waals surface area contributed by atoms with Crippen LogP contribution in [0.25, 0.3) is 0 Å². The summed E-state index contributed by atoms with van der Waals surface area (Å²) < 4.78 is 3.75. The first-order valence-corrected chi connectivity index (χ1v) is 5.73. The maximum Gasteiger partial charge on any atom is 0.303 e. The summed E-state index contributed by atoms with van der Waals surface area (Å²) in [5, 5.41) is 16.5. The molecule has 0 aromatic carbocycles. The van der Waals surface area contributed by atoms with Crippen molar-refractivity contribution in [2.75, 3.05) is 0 Å². The van der Waals surface area contributed by atoms with Gasteiger partial charge in [0, 0.05) is 31.6 Å². The van der Waals surface area contributed by atoms with E-state index in [1.54, 1.807) is 17.1 Å². The molecule has 0 unspecified atom stereocenters. The van der Waals surface area contributed by atoms with Crippen LogP contribution in [0.1, 0.15) is 17.9 Å². The Morgan fingerprint density at radius 3 is 2.94 bits per heavy atom. The van der Waals surface area contributed by atoms with Gasteiger partial charge in [-0.1, -0.05) is 5.21 Å². The van der Waals surface area contributed by atoms with Gasteiger partial charge in [0.1, 0.15) is 5.82 Å². The predicted octanol–water partition coefficient (Wildman–Crippen LogP) is 0.500. The Kier molecular flexibility index (Phi) is 3.71. The van der Waals surface area contributed by atoms with Crippen LogP contribution in [0.5, 0.6) is 0 Å². The molecule has 0 spiro atoms. The van der Waals surface area contributed by atoms with E-state index in [2.05, 4.69) is 15.3 Å². The summed E-state index contributed by atoms with van der Waals surface area (Å²) in [6, 6.07) is 0. The van der Waals surface area contributed by atoms with Crippen LogP contribution in [0.15, 0.2) is 18.6 Å². The highest BCUT2D eigenvalue weighted by Gasteiger charge is 2.04. The number of carbonyl (C=O) groups is 1. The van der Waals surface area contributed by atoms with Gasteiger partial charge in [0.15, 0.2) is 0 Å². The van der Waals surface area contributed by atoms with Gasteiger partial charge in [0.25, 0.3) is 0 Å².